The third kappa shape index (κ3) is 4.67. The summed E-state index contributed by atoms with van der Waals surface area (Å²) < 4.78 is 0. The fourth-order valence-corrected chi connectivity index (χ4v) is 2.67. The van der Waals surface area contributed by atoms with Crippen LogP contribution in [0.4, 0.5) is 0 Å². The summed E-state index contributed by atoms with van der Waals surface area (Å²) in [6, 6.07) is 10.0. The zero-order valence-electron chi connectivity index (χ0n) is 11.3. The molecule has 1 saturated carbocycles. The molecule has 0 aromatic heterocycles. The van der Waals surface area contributed by atoms with Crippen LogP contribution in [0.25, 0.3) is 0 Å². The molecule has 0 radical (unpaired) electrons. The van der Waals surface area contributed by atoms with E-state index in [-0.39, 0.29) is 5.91 Å². The van der Waals surface area contributed by atoms with Crippen LogP contribution in [-0.2, 0) is 4.79 Å². The molecule has 0 bridgehead atoms. The van der Waals surface area contributed by atoms with Crippen molar-refractivity contribution < 1.29 is 9.90 Å². The van der Waals surface area contributed by atoms with E-state index in [0.717, 1.165) is 24.8 Å². The van der Waals surface area contributed by atoms with Crippen LogP contribution in [0.1, 0.15) is 56.6 Å². The Kier molecular flexibility index (Phi) is 5.40. The van der Waals surface area contributed by atoms with Gasteiger partial charge in [-0.05, 0) is 31.2 Å². The molecule has 1 unspecified atom stereocenters. The summed E-state index contributed by atoms with van der Waals surface area (Å²) in [5.41, 5.74) is 0.929. The van der Waals surface area contributed by atoms with Crippen LogP contribution >= 0.6 is 0 Å². The maximum absolute atomic E-state index is 11.7. The van der Waals surface area contributed by atoms with E-state index < -0.39 is 6.10 Å². The Bertz CT molecular complexity index is 385. The summed E-state index contributed by atoms with van der Waals surface area (Å²) in [4.78, 5) is 11.7. The van der Waals surface area contributed by atoms with E-state index in [0.29, 0.717) is 18.9 Å². The predicted octanol–water partition coefficient (Wildman–Crippen LogP) is 2.95. The van der Waals surface area contributed by atoms with Crippen molar-refractivity contribution in [2.24, 2.45) is 0 Å². The van der Waals surface area contributed by atoms with Crippen molar-refractivity contribution in [3.8, 4) is 0 Å². The quantitative estimate of drug-likeness (QED) is 0.827. The van der Waals surface area contributed by atoms with Gasteiger partial charge in [-0.2, -0.15) is 0 Å². The average molecular weight is 261 g/mol. The first kappa shape index (κ1) is 14.1. The molecule has 0 heterocycles. The molecule has 1 fully saturated rings. The third-order valence-electron chi connectivity index (χ3n) is 3.79. The van der Waals surface area contributed by atoms with E-state index in [9.17, 15) is 9.90 Å². The van der Waals surface area contributed by atoms with Crippen molar-refractivity contribution in [2.45, 2.75) is 57.1 Å². The number of carbonyl (C=O) groups is 1. The van der Waals surface area contributed by atoms with Crippen molar-refractivity contribution in [1.82, 2.24) is 5.32 Å². The molecule has 0 saturated heterocycles. The van der Waals surface area contributed by atoms with E-state index in [1.807, 2.05) is 30.3 Å². The molecule has 1 aliphatic rings. The highest BCUT2D eigenvalue weighted by Gasteiger charge is 2.17. The lowest BCUT2D eigenvalue weighted by molar-refractivity contribution is -0.121. The molecule has 19 heavy (non-hydrogen) atoms. The van der Waals surface area contributed by atoms with Crippen LogP contribution in [0.2, 0.25) is 0 Å². The number of rotatable bonds is 6. The van der Waals surface area contributed by atoms with Crippen LogP contribution in [0, 0.1) is 0 Å². The summed E-state index contributed by atoms with van der Waals surface area (Å²) >= 11 is 0. The van der Waals surface area contributed by atoms with Gasteiger partial charge in [0.25, 0.3) is 0 Å². The van der Waals surface area contributed by atoms with E-state index in [1.165, 1.54) is 12.8 Å². The van der Waals surface area contributed by atoms with Gasteiger partial charge in [0.1, 0.15) is 0 Å². The minimum absolute atomic E-state index is 0.132. The highest BCUT2D eigenvalue weighted by molar-refractivity contribution is 5.76. The lowest BCUT2D eigenvalue weighted by Gasteiger charge is -2.13. The van der Waals surface area contributed by atoms with Crippen molar-refractivity contribution in [1.29, 1.82) is 0 Å². The number of carbonyl (C=O) groups excluding carboxylic acids is 1. The molecular formula is C16H23NO2. The summed E-state index contributed by atoms with van der Waals surface area (Å²) in [5.74, 6) is 0.132. The molecule has 1 aromatic rings. The number of aliphatic hydroxyl groups is 1. The fraction of sp³-hybridized carbons (Fsp3) is 0.562. The second kappa shape index (κ2) is 7.29. The number of amides is 1. The molecule has 1 aliphatic carbocycles. The molecule has 1 atom stereocenters. The average Bonchev–Trinajstić information content (AvgIpc) is 2.92. The first-order chi connectivity index (χ1) is 9.25. The minimum Gasteiger partial charge on any atom is -0.388 e. The number of nitrogens with one attached hydrogen (secondary N) is 1. The Morgan fingerprint density at radius 3 is 2.63 bits per heavy atom. The number of hydrogen-bond acceptors (Lipinski definition) is 2. The van der Waals surface area contributed by atoms with Crippen molar-refractivity contribution in [3.63, 3.8) is 0 Å². The zero-order valence-corrected chi connectivity index (χ0v) is 11.3. The van der Waals surface area contributed by atoms with Gasteiger partial charge in [0.05, 0.1) is 6.10 Å². The molecule has 2 N–H and O–H groups in total. The largest absolute Gasteiger partial charge is 0.388 e. The summed E-state index contributed by atoms with van der Waals surface area (Å²) in [5, 5.41) is 13.1. The van der Waals surface area contributed by atoms with Crippen molar-refractivity contribution in [2.75, 3.05) is 0 Å². The SMILES string of the molecule is O=C(CCCC(O)c1ccccc1)NC1CCCC1. The number of hydrogen-bond donors (Lipinski definition) is 2. The Labute approximate surface area is 115 Å². The predicted molar refractivity (Wildman–Crippen MR) is 75.7 cm³/mol. The van der Waals surface area contributed by atoms with Gasteiger partial charge in [0.2, 0.25) is 5.91 Å². The Morgan fingerprint density at radius 1 is 1.26 bits per heavy atom. The molecule has 0 spiro atoms. The van der Waals surface area contributed by atoms with Crippen molar-refractivity contribution in [3.05, 3.63) is 35.9 Å². The van der Waals surface area contributed by atoms with Crippen LogP contribution in [-0.4, -0.2) is 17.1 Å². The Balaban J connectivity index is 1.64. The van der Waals surface area contributed by atoms with E-state index in [2.05, 4.69) is 5.32 Å². The van der Waals surface area contributed by atoms with Gasteiger partial charge < -0.3 is 10.4 Å². The topological polar surface area (TPSA) is 49.3 Å². The smallest absolute Gasteiger partial charge is 0.220 e. The first-order valence-electron chi connectivity index (χ1n) is 7.28. The first-order valence-corrected chi connectivity index (χ1v) is 7.28. The van der Waals surface area contributed by atoms with Gasteiger partial charge in [0.15, 0.2) is 0 Å². The second-order valence-electron chi connectivity index (χ2n) is 5.37. The number of benzene rings is 1. The van der Waals surface area contributed by atoms with Gasteiger partial charge in [-0.15, -0.1) is 0 Å². The summed E-state index contributed by atoms with van der Waals surface area (Å²) in [6.45, 7) is 0. The number of aliphatic hydroxyl groups excluding tert-OH is 1. The molecule has 0 aliphatic heterocycles. The monoisotopic (exact) mass is 261 g/mol. The zero-order chi connectivity index (χ0) is 13.5. The molecule has 2 rings (SSSR count). The van der Waals surface area contributed by atoms with Crippen LogP contribution in [0.3, 0.4) is 0 Å². The molecule has 3 nitrogen and oxygen atoms in total. The minimum atomic E-state index is -0.458. The Hall–Kier alpha value is -1.35. The lowest BCUT2D eigenvalue weighted by Crippen LogP contribution is -2.32. The highest BCUT2D eigenvalue weighted by Crippen LogP contribution is 2.20. The van der Waals surface area contributed by atoms with Crippen LogP contribution < -0.4 is 5.32 Å². The lowest BCUT2D eigenvalue weighted by atomic mass is 10.0. The molecule has 3 heteroatoms. The maximum Gasteiger partial charge on any atom is 0.220 e. The highest BCUT2D eigenvalue weighted by atomic mass is 16.3. The Morgan fingerprint density at radius 2 is 1.95 bits per heavy atom. The molecule has 1 amide bonds. The molecule has 1 aromatic carbocycles. The molecular weight excluding hydrogens is 238 g/mol. The van der Waals surface area contributed by atoms with Crippen LogP contribution in [0.5, 0.6) is 0 Å². The summed E-state index contributed by atoms with van der Waals surface area (Å²) in [6.07, 6.45) is 6.14. The standard InChI is InChI=1S/C16H23NO2/c18-15(13-7-2-1-3-8-13)11-6-12-16(19)17-14-9-4-5-10-14/h1-3,7-8,14-15,18H,4-6,9-12H2,(H,17,19). The third-order valence-corrected chi connectivity index (χ3v) is 3.79. The maximum atomic E-state index is 11.7. The van der Waals surface area contributed by atoms with Gasteiger partial charge in [-0.1, -0.05) is 43.2 Å². The van der Waals surface area contributed by atoms with E-state index >= 15 is 0 Å². The summed E-state index contributed by atoms with van der Waals surface area (Å²) in [7, 11) is 0. The van der Waals surface area contributed by atoms with Gasteiger partial charge in [0, 0.05) is 12.5 Å². The van der Waals surface area contributed by atoms with E-state index in [1.54, 1.807) is 0 Å². The van der Waals surface area contributed by atoms with E-state index in [4.69, 9.17) is 0 Å². The van der Waals surface area contributed by atoms with Crippen molar-refractivity contribution >= 4 is 5.91 Å². The van der Waals surface area contributed by atoms with Crippen LogP contribution in [0.15, 0.2) is 30.3 Å². The van der Waals surface area contributed by atoms with Gasteiger partial charge in [-0.3, -0.25) is 4.79 Å². The van der Waals surface area contributed by atoms with Gasteiger partial charge in [-0.25, -0.2) is 0 Å². The second-order valence-corrected chi connectivity index (χ2v) is 5.37. The molecule has 104 valence electrons. The fourth-order valence-electron chi connectivity index (χ4n) is 2.67. The normalized spacial score (nSPS) is 17.3. The van der Waals surface area contributed by atoms with Gasteiger partial charge >= 0.3 is 0 Å².